The summed E-state index contributed by atoms with van der Waals surface area (Å²) in [5.41, 5.74) is 5.26. The van der Waals surface area contributed by atoms with Gasteiger partial charge in [-0.1, -0.05) is 51.8 Å². The van der Waals surface area contributed by atoms with Crippen LogP contribution in [0, 0.1) is 11.8 Å². The van der Waals surface area contributed by atoms with Gasteiger partial charge in [-0.05, 0) is 31.6 Å². The highest BCUT2D eigenvalue weighted by Gasteiger charge is 2.31. The summed E-state index contributed by atoms with van der Waals surface area (Å²) in [6.45, 7) is 6.08. The van der Waals surface area contributed by atoms with Crippen molar-refractivity contribution in [3.63, 3.8) is 0 Å². The number of carbonyl (C=O) groups excluding carboxylic acids is 2. The van der Waals surface area contributed by atoms with E-state index in [1.807, 2.05) is 13.8 Å². The first-order valence-electron chi connectivity index (χ1n) is 10.0. The molecule has 2 unspecified atom stereocenters. The molecule has 0 heterocycles. The molecule has 156 valence electrons. The predicted molar refractivity (Wildman–Crippen MR) is 111 cm³/mol. The minimum atomic E-state index is -1.32. The topological polar surface area (TPSA) is 103 Å². The van der Waals surface area contributed by atoms with E-state index in [1.165, 1.54) is 18.2 Å². The molecule has 7 nitrogen and oxygen atoms in total. The van der Waals surface area contributed by atoms with Crippen LogP contribution in [0.1, 0.15) is 65.7 Å². The average molecular weight is 401 g/mol. The first-order chi connectivity index (χ1) is 12.9. The van der Waals surface area contributed by atoms with Gasteiger partial charge in [0.25, 0.3) is 5.91 Å². The lowest BCUT2D eigenvalue weighted by molar-refractivity contribution is -0.134. The zero-order chi connectivity index (χ0) is 20.2. The first kappa shape index (κ1) is 23.8. The molecule has 1 rings (SSSR count). The molecule has 2 amide bonds. The smallest absolute Gasteiger partial charge is 0.269 e. The number of carbonyl (C=O) groups is 2. The molecule has 4 N–H and O–H groups in total. The number of amides is 2. The van der Waals surface area contributed by atoms with Gasteiger partial charge in [0.05, 0.1) is 6.04 Å². The molecule has 1 aliphatic rings. The molecule has 1 fully saturated rings. The molecular formula is C19H36N4O3S. The Balaban J connectivity index is 2.62. The van der Waals surface area contributed by atoms with Crippen LogP contribution in [0.25, 0.3) is 0 Å². The highest BCUT2D eigenvalue weighted by atomic mass is 32.2. The van der Waals surface area contributed by atoms with Crippen LogP contribution in [0.2, 0.25) is 0 Å². The molecule has 0 aliphatic heterocycles. The van der Waals surface area contributed by atoms with E-state index in [0.29, 0.717) is 11.6 Å². The summed E-state index contributed by atoms with van der Waals surface area (Å²) in [4.78, 5) is 29.0. The second-order valence-electron chi connectivity index (χ2n) is 7.52. The maximum Gasteiger partial charge on any atom is 0.269 e. The lowest BCUT2D eigenvalue weighted by Crippen LogP contribution is -2.55. The molecule has 0 aromatic rings. The molecule has 0 radical (unpaired) electrons. The number of hydrogen-bond acceptors (Lipinski definition) is 5. The van der Waals surface area contributed by atoms with Gasteiger partial charge in [-0.25, -0.2) is 0 Å². The number of aliphatic imine (C=N–C) groups is 1. The number of aliphatic hydroxyl groups is 1. The Hall–Kier alpha value is -1.28. The number of amidine groups is 1. The predicted octanol–water partition coefficient (Wildman–Crippen LogP) is 2.21. The Morgan fingerprint density at radius 3 is 2.41 bits per heavy atom. The van der Waals surface area contributed by atoms with Crippen molar-refractivity contribution >= 4 is 28.7 Å². The van der Waals surface area contributed by atoms with E-state index in [0.717, 1.165) is 37.9 Å². The Kier molecular flexibility index (Phi) is 11.4. The van der Waals surface area contributed by atoms with Gasteiger partial charge in [0.2, 0.25) is 5.91 Å². The second-order valence-corrected chi connectivity index (χ2v) is 8.60. The van der Waals surface area contributed by atoms with E-state index in [1.54, 1.807) is 7.05 Å². The van der Waals surface area contributed by atoms with Crippen molar-refractivity contribution < 1.29 is 14.7 Å². The van der Waals surface area contributed by atoms with Crippen LogP contribution in [-0.2, 0) is 9.59 Å². The van der Waals surface area contributed by atoms with Crippen molar-refractivity contribution in [1.29, 1.82) is 0 Å². The standard InChI is InChI=1S/C19H36N4O3S/c1-5-11-27-19(20-4)23-22-18(26)16(24)15(12-13(2)3)21-17(25)14-9-7-6-8-10-14/h13-16,24H,5-12H2,1-4H3,(H,20,23)(H,21,25)(H,22,26). The maximum atomic E-state index is 12.6. The van der Waals surface area contributed by atoms with Gasteiger partial charge in [0, 0.05) is 18.7 Å². The van der Waals surface area contributed by atoms with Crippen LogP contribution < -0.4 is 16.2 Å². The quantitative estimate of drug-likeness (QED) is 0.284. The fourth-order valence-corrected chi connectivity index (χ4v) is 3.82. The van der Waals surface area contributed by atoms with Crippen molar-refractivity contribution in [2.24, 2.45) is 16.8 Å². The van der Waals surface area contributed by atoms with Gasteiger partial charge in [-0.3, -0.25) is 25.4 Å². The minimum Gasteiger partial charge on any atom is -0.381 e. The number of thioether (sulfide) groups is 1. The Bertz CT molecular complexity index is 493. The van der Waals surface area contributed by atoms with Gasteiger partial charge in [-0.2, -0.15) is 0 Å². The Labute approximate surface area is 167 Å². The molecule has 8 heteroatoms. The summed E-state index contributed by atoms with van der Waals surface area (Å²) in [6, 6.07) is -0.605. The summed E-state index contributed by atoms with van der Waals surface area (Å²) in [6.07, 6.45) is 5.28. The SMILES string of the molecule is CCCSC(=NC)NNC(=O)C(O)C(CC(C)C)NC(=O)C1CCCCC1. The Morgan fingerprint density at radius 1 is 1.19 bits per heavy atom. The summed E-state index contributed by atoms with van der Waals surface area (Å²) in [5, 5.41) is 14.0. The van der Waals surface area contributed by atoms with Crippen LogP contribution in [0.3, 0.4) is 0 Å². The zero-order valence-corrected chi connectivity index (χ0v) is 17.9. The number of hydrazine groups is 1. The molecule has 2 atom stereocenters. The lowest BCUT2D eigenvalue weighted by Gasteiger charge is -2.28. The number of nitrogens with zero attached hydrogens (tertiary/aromatic N) is 1. The Morgan fingerprint density at radius 2 is 1.85 bits per heavy atom. The maximum absolute atomic E-state index is 12.6. The van der Waals surface area contributed by atoms with Gasteiger partial charge in [-0.15, -0.1) is 0 Å². The fourth-order valence-electron chi connectivity index (χ4n) is 3.17. The van der Waals surface area contributed by atoms with E-state index in [2.05, 4.69) is 28.1 Å². The fraction of sp³-hybridized carbons (Fsp3) is 0.842. The first-order valence-corrected chi connectivity index (χ1v) is 11.0. The van der Waals surface area contributed by atoms with Gasteiger partial charge < -0.3 is 10.4 Å². The summed E-state index contributed by atoms with van der Waals surface area (Å²) in [5.74, 6) is 0.499. The van der Waals surface area contributed by atoms with Gasteiger partial charge >= 0.3 is 0 Å². The van der Waals surface area contributed by atoms with E-state index in [4.69, 9.17) is 0 Å². The summed E-state index contributed by atoms with van der Waals surface area (Å²) < 4.78 is 0. The molecule has 0 spiro atoms. The third kappa shape index (κ3) is 8.97. The number of aliphatic hydroxyl groups excluding tert-OH is 1. The molecule has 1 saturated carbocycles. The minimum absolute atomic E-state index is 0.00827. The average Bonchev–Trinajstić information content (AvgIpc) is 2.67. The molecule has 1 aliphatic carbocycles. The van der Waals surface area contributed by atoms with Gasteiger partial charge in [0.15, 0.2) is 11.3 Å². The third-order valence-corrected chi connectivity index (χ3v) is 5.79. The van der Waals surface area contributed by atoms with E-state index < -0.39 is 18.1 Å². The lowest BCUT2D eigenvalue weighted by atomic mass is 9.88. The molecule has 0 bridgehead atoms. The second kappa shape index (κ2) is 13.0. The van der Waals surface area contributed by atoms with E-state index in [-0.39, 0.29) is 17.7 Å². The van der Waals surface area contributed by atoms with Crippen molar-refractivity contribution in [3.8, 4) is 0 Å². The monoisotopic (exact) mass is 400 g/mol. The largest absolute Gasteiger partial charge is 0.381 e. The normalized spacial score (nSPS) is 18.1. The molecule has 27 heavy (non-hydrogen) atoms. The summed E-state index contributed by atoms with van der Waals surface area (Å²) >= 11 is 1.50. The van der Waals surface area contributed by atoms with Crippen molar-refractivity contribution in [2.45, 2.75) is 77.9 Å². The number of nitrogens with one attached hydrogen (secondary N) is 3. The van der Waals surface area contributed by atoms with E-state index in [9.17, 15) is 14.7 Å². The van der Waals surface area contributed by atoms with Crippen LogP contribution in [0.4, 0.5) is 0 Å². The van der Waals surface area contributed by atoms with Crippen molar-refractivity contribution in [1.82, 2.24) is 16.2 Å². The third-order valence-electron chi connectivity index (χ3n) is 4.62. The highest BCUT2D eigenvalue weighted by molar-refractivity contribution is 8.13. The zero-order valence-electron chi connectivity index (χ0n) is 17.1. The molecular weight excluding hydrogens is 364 g/mol. The van der Waals surface area contributed by atoms with Crippen LogP contribution in [-0.4, -0.2) is 47.0 Å². The molecule has 0 aromatic heterocycles. The van der Waals surface area contributed by atoms with Crippen LogP contribution in [0.15, 0.2) is 4.99 Å². The van der Waals surface area contributed by atoms with Crippen LogP contribution >= 0.6 is 11.8 Å². The molecule has 0 saturated heterocycles. The van der Waals surface area contributed by atoms with Crippen LogP contribution in [0.5, 0.6) is 0 Å². The van der Waals surface area contributed by atoms with Gasteiger partial charge in [0.1, 0.15) is 0 Å². The number of rotatable bonds is 8. The summed E-state index contributed by atoms with van der Waals surface area (Å²) in [7, 11) is 1.64. The molecule has 0 aromatic carbocycles. The van der Waals surface area contributed by atoms with E-state index >= 15 is 0 Å². The highest BCUT2D eigenvalue weighted by Crippen LogP contribution is 2.24. The van der Waals surface area contributed by atoms with Crippen molar-refractivity contribution in [2.75, 3.05) is 12.8 Å². The number of hydrogen-bond donors (Lipinski definition) is 4. The van der Waals surface area contributed by atoms with Crippen molar-refractivity contribution in [3.05, 3.63) is 0 Å².